The van der Waals surface area contributed by atoms with Gasteiger partial charge in [0.05, 0.1) is 6.61 Å². The summed E-state index contributed by atoms with van der Waals surface area (Å²) in [7, 11) is 0. The molecule has 0 aliphatic heterocycles. The van der Waals surface area contributed by atoms with Gasteiger partial charge in [0, 0.05) is 12.1 Å². The molecule has 2 aromatic carbocycles. The average molecular weight is 269 g/mol. The van der Waals surface area contributed by atoms with Gasteiger partial charge in [0.1, 0.15) is 5.75 Å². The van der Waals surface area contributed by atoms with Crippen LogP contribution in [0.1, 0.15) is 22.8 Å². The minimum Gasteiger partial charge on any atom is -0.494 e. The Hall–Kier alpha value is -2.29. The molecule has 0 fully saturated rings. The van der Waals surface area contributed by atoms with Crippen molar-refractivity contribution in [3.63, 3.8) is 0 Å². The second-order valence-corrected chi connectivity index (χ2v) is 4.45. The van der Waals surface area contributed by atoms with Crippen LogP contribution in [0.4, 0.5) is 0 Å². The molecule has 2 rings (SSSR count). The van der Waals surface area contributed by atoms with Gasteiger partial charge in [-0.1, -0.05) is 36.4 Å². The fourth-order valence-corrected chi connectivity index (χ4v) is 1.96. The minimum atomic E-state index is -0.0671. The van der Waals surface area contributed by atoms with E-state index in [4.69, 9.17) is 4.74 Å². The third-order valence-corrected chi connectivity index (χ3v) is 2.95. The summed E-state index contributed by atoms with van der Waals surface area (Å²) in [6, 6.07) is 17.3. The van der Waals surface area contributed by atoms with Crippen molar-refractivity contribution < 1.29 is 9.53 Å². The van der Waals surface area contributed by atoms with Gasteiger partial charge in [-0.25, -0.2) is 0 Å². The summed E-state index contributed by atoms with van der Waals surface area (Å²) < 4.78 is 5.39. The molecule has 104 valence electrons. The van der Waals surface area contributed by atoms with Crippen molar-refractivity contribution in [2.24, 2.45) is 0 Å². The fraction of sp³-hybridized carbons (Fsp3) is 0.235. The molecule has 0 heterocycles. The number of hydrogen-bond acceptors (Lipinski definition) is 2. The second kappa shape index (κ2) is 7.34. The third kappa shape index (κ3) is 4.12. The normalized spacial score (nSPS) is 10.1. The largest absolute Gasteiger partial charge is 0.494 e. The molecule has 2 aromatic rings. The Balaban J connectivity index is 1.87. The second-order valence-electron chi connectivity index (χ2n) is 4.45. The van der Waals surface area contributed by atoms with Gasteiger partial charge in [0.15, 0.2) is 0 Å². The van der Waals surface area contributed by atoms with Crippen molar-refractivity contribution in [2.75, 3.05) is 13.2 Å². The van der Waals surface area contributed by atoms with E-state index in [0.717, 1.165) is 12.2 Å². The van der Waals surface area contributed by atoms with Gasteiger partial charge < -0.3 is 10.1 Å². The smallest absolute Gasteiger partial charge is 0.251 e. The van der Waals surface area contributed by atoms with Crippen molar-refractivity contribution in [2.45, 2.75) is 13.3 Å². The van der Waals surface area contributed by atoms with Gasteiger partial charge in [0.25, 0.3) is 5.91 Å². The summed E-state index contributed by atoms with van der Waals surface area (Å²) in [6.45, 7) is 3.15. The Morgan fingerprint density at radius 1 is 1.10 bits per heavy atom. The zero-order chi connectivity index (χ0) is 14.2. The first-order valence-corrected chi connectivity index (χ1v) is 6.84. The number of hydrogen-bond donors (Lipinski definition) is 1. The van der Waals surface area contributed by atoms with Crippen molar-refractivity contribution in [3.05, 3.63) is 65.7 Å². The molecule has 3 heteroatoms. The van der Waals surface area contributed by atoms with Crippen LogP contribution in [0.25, 0.3) is 0 Å². The predicted molar refractivity (Wildman–Crippen MR) is 80.1 cm³/mol. The Morgan fingerprint density at radius 2 is 1.90 bits per heavy atom. The van der Waals surface area contributed by atoms with Crippen LogP contribution in [0.3, 0.4) is 0 Å². The molecular weight excluding hydrogens is 250 g/mol. The van der Waals surface area contributed by atoms with Crippen LogP contribution in [0.15, 0.2) is 54.6 Å². The third-order valence-electron chi connectivity index (χ3n) is 2.95. The highest BCUT2D eigenvalue weighted by Crippen LogP contribution is 2.13. The summed E-state index contributed by atoms with van der Waals surface area (Å²) >= 11 is 0. The lowest BCUT2D eigenvalue weighted by atomic mass is 10.1. The van der Waals surface area contributed by atoms with E-state index in [9.17, 15) is 4.79 Å². The van der Waals surface area contributed by atoms with Gasteiger partial charge in [-0.15, -0.1) is 0 Å². The maximum Gasteiger partial charge on any atom is 0.251 e. The molecule has 0 atom stereocenters. The summed E-state index contributed by atoms with van der Waals surface area (Å²) in [5, 5.41) is 2.92. The molecule has 0 saturated heterocycles. The number of rotatable bonds is 6. The Kier molecular flexibility index (Phi) is 5.18. The van der Waals surface area contributed by atoms with Crippen LogP contribution in [-0.4, -0.2) is 19.1 Å². The first kappa shape index (κ1) is 14.1. The summed E-state index contributed by atoms with van der Waals surface area (Å²) in [4.78, 5) is 12.0. The van der Waals surface area contributed by atoms with Crippen LogP contribution in [0, 0.1) is 0 Å². The van der Waals surface area contributed by atoms with Crippen LogP contribution >= 0.6 is 0 Å². The highest BCUT2D eigenvalue weighted by atomic mass is 16.5. The lowest BCUT2D eigenvalue weighted by Crippen LogP contribution is -2.25. The maximum atomic E-state index is 12.0. The van der Waals surface area contributed by atoms with Gasteiger partial charge in [-0.2, -0.15) is 0 Å². The molecule has 20 heavy (non-hydrogen) atoms. The predicted octanol–water partition coefficient (Wildman–Crippen LogP) is 3.06. The molecule has 0 aromatic heterocycles. The van der Waals surface area contributed by atoms with E-state index in [-0.39, 0.29) is 5.91 Å². The zero-order valence-corrected chi connectivity index (χ0v) is 11.6. The number of amides is 1. The van der Waals surface area contributed by atoms with Crippen LogP contribution < -0.4 is 10.1 Å². The highest BCUT2D eigenvalue weighted by molar-refractivity contribution is 5.94. The number of carbonyl (C=O) groups is 1. The van der Waals surface area contributed by atoms with Gasteiger partial charge in [0.2, 0.25) is 0 Å². The molecule has 0 aliphatic carbocycles. The maximum absolute atomic E-state index is 12.0. The average Bonchev–Trinajstić information content (AvgIpc) is 2.49. The molecule has 0 saturated carbocycles. The van der Waals surface area contributed by atoms with Crippen molar-refractivity contribution in [1.29, 1.82) is 0 Å². The Labute approximate surface area is 119 Å². The van der Waals surface area contributed by atoms with Crippen molar-refractivity contribution in [1.82, 2.24) is 5.32 Å². The molecule has 0 unspecified atom stereocenters. The molecule has 1 amide bonds. The van der Waals surface area contributed by atoms with E-state index in [2.05, 4.69) is 17.4 Å². The van der Waals surface area contributed by atoms with Crippen molar-refractivity contribution in [3.8, 4) is 5.75 Å². The Bertz CT molecular complexity index is 552. The number of nitrogens with one attached hydrogen (secondary N) is 1. The molecule has 0 spiro atoms. The molecule has 0 aliphatic rings. The van der Waals surface area contributed by atoms with E-state index in [1.807, 2.05) is 37.3 Å². The van der Waals surface area contributed by atoms with E-state index in [1.54, 1.807) is 12.1 Å². The van der Waals surface area contributed by atoms with Crippen LogP contribution in [-0.2, 0) is 6.42 Å². The zero-order valence-electron chi connectivity index (χ0n) is 11.6. The van der Waals surface area contributed by atoms with Crippen molar-refractivity contribution >= 4 is 5.91 Å². The number of ether oxygens (including phenoxy) is 1. The molecule has 0 radical (unpaired) electrons. The lowest BCUT2D eigenvalue weighted by molar-refractivity contribution is 0.0953. The quantitative estimate of drug-likeness (QED) is 0.875. The molecule has 1 N–H and O–H groups in total. The van der Waals surface area contributed by atoms with Crippen LogP contribution in [0.5, 0.6) is 5.75 Å². The van der Waals surface area contributed by atoms with Crippen LogP contribution in [0.2, 0.25) is 0 Å². The van der Waals surface area contributed by atoms with Gasteiger partial charge in [-0.3, -0.25) is 4.79 Å². The van der Waals surface area contributed by atoms with E-state index >= 15 is 0 Å². The standard InChI is InChI=1S/C17H19NO2/c1-2-20-16-10-6-9-15(13-16)17(19)18-12-11-14-7-4-3-5-8-14/h3-10,13H,2,11-12H2,1H3,(H,18,19). The fourth-order valence-electron chi connectivity index (χ4n) is 1.96. The summed E-state index contributed by atoms with van der Waals surface area (Å²) in [6.07, 6.45) is 0.831. The molecular formula is C17H19NO2. The molecule has 0 bridgehead atoms. The van der Waals surface area contributed by atoms with Gasteiger partial charge in [-0.05, 0) is 37.1 Å². The Morgan fingerprint density at radius 3 is 2.65 bits per heavy atom. The minimum absolute atomic E-state index is 0.0671. The molecule has 3 nitrogen and oxygen atoms in total. The topological polar surface area (TPSA) is 38.3 Å². The van der Waals surface area contributed by atoms with Gasteiger partial charge >= 0.3 is 0 Å². The first-order valence-electron chi connectivity index (χ1n) is 6.84. The first-order chi connectivity index (χ1) is 9.79. The van der Waals surface area contributed by atoms with E-state index in [0.29, 0.717) is 18.7 Å². The SMILES string of the molecule is CCOc1cccc(C(=O)NCCc2ccccc2)c1. The lowest BCUT2D eigenvalue weighted by Gasteiger charge is -2.07. The number of carbonyl (C=O) groups excluding carboxylic acids is 1. The van der Waals surface area contributed by atoms with E-state index in [1.165, 1.54) is 5.56 Å². The highest BCUT2D eigenvalue weighted by Gasteiger charge is 2.05. The van der Waals surface area contributed by atoms with E-state index < -0.39 is 0 Å². The summed E-state index contributed by atoms with van der Waals surface area (Å²) in [5.41, 5.74) is 1.85. The number of benzene rings is 2. The monoisotopic (exact) mass is 269 g/mol. The summed E-state index contributed by atoms with van der Waals surface area (Å²) in [5.74, 6) is 0.658.